The highest BCUT2D eigenvalue weighted by Gasteiger charge is 2.11. The molecule has 14 heavy (non-hydrogen) atoms. The Labute approximate surface area is 89.4 Å². The van der Waals surface area contributed by atoms with Crippen LogP contribution >= 0.6 is 15.9 Å². The minimum Gasteiger partial charge on any atom is -0.258 e. The maximum atomic E-state index is 10.5. The van der Waals surface area contributed by atoms with Crippen LogP contribution in [-0.2, 0) is 0 Å². The van der Waals surface area contributed by atoms with Crippen molar-refractivity contribution >= 4 is 21.6 Å². The van der Waals surface area contributed by atoms with Gasteiger partial charge in [0.1, 0.15) is 0 Å². The number of nitro benzene ring substituents is 1. The summed E-state index contributed by atoms with van der Waals surface area (Å²) in [5, 5.41) is 19.2. The molecule has 1 atom stereocenters. The van der Waals surface area contributed by atoms with E-state index in [0.29, 0.717) is 5.56 Å². The van der Waals surface area contributed by atoms with Crippen molar-refractivity contribution in [2.75, 3.05) is 0 Å². The Balaban J connectivity index is 3.29. The van der Waals surface area contributed by atoms with Gasteiger partial charge in [-0.05, 0) is 18.6 Å². The molecule has 0 radical (unpaired) electrons. The fourth-order valence-corrected chi connectivity index (χ4v) is 1.30. The fourth-order valence-electron chi connectivity index (χ4n) is 1.03. The van der Waals surface area contributed by atoms with E-state index in [-0.39, 0.29) is 10.5 Å². The minimum atomic E-state index is -0.500. The van der Waals surface area contributed by atoms with Gasteiger partial charge in [0.25, 0.3) is 5.69 Å². The number of nitro groups is 1. The first kappa shape index (κ1) is 10.7. The van der Waals surface area contributed by atoms with Crippen LogP contribution in [0, 0.1) is 21.4 Å². The van der Waals surface area contributed by atoms with Crippen molar-refractivity contribution in [3.63, 3.8) is 0 Å². The van der Waals surface area contributed by atoms with Crippen LogP contribution in [0.15, 0.2) is 18.2 Å². The third kappa shape index (κ3) is 2.30. The van der Waals surface area contributed by atoms with Crippen LogP contribution < -0.4 is 0 Å². The molecular formula is C9H7BrN2O2. The predicted octanol–water partition coefficient (Wildman–Crippen LogP) is 2.92. The van der Waals surface area contributed by atoms with Crippen LogP contribution in [0.4, 0.5) is 5.69 Å². The lowest BCUT2D eigenvalue weighted by molar-refractivity contribution is -0.384. The summed E-state index contributed by atoms with van der Waals surface area (Å²) in [5.41, 5.74) is 0.988. The van der Waals surface area contributed by atoms with Gasteiger partial charge in [0.05, 0.1) is 16.6 Å². The van der Waals surface area contributed by atoms with E-state index in [2.05, 4.69) is 15.9 Å². The summed E-state index contributed by atoms with van der Waals surface area (Å²) in [7, 11) is 0. The summed E-state index contributed by atoms with van der Waals surface area (Å²) in [6.07, 6.45) is 0. The number of halogens is 1. The zero-order valence-corrected chi connectivity index (χ0v) is 8.98. The van der Waals surface area contributed by atoms with Gasteiger partial charge in [0, 0.05) is 17.0 Å². The molecule has 1 aromatic rings. The second-order valence-electron chi connectivity index (χ2n) is 2.80. The second kappa shape index (κ2) is 4.20. The average molecular weight is 255 g/mol. The Kier molecular flexibility index (Phi) is 3.20. The van der Waals surface area contributed by atoms with E-state index in [9.17, 15) is 10.1 Å². The van der Waals surface area contributed by atoms with Crippen molar-refractivity contribution < 1.29 is 4.92 Å². The number of nitrogens with zero attached hydrogens (tertiary/aromatic N) is 2. The maximum absolute atomic E-state index is 10.5. The zero-order chi connectivity index (χ0) is 10.7. The Morgan fingerprint density at radius 3 is 2.64 bits per heavy atom. The van der Waals surface area contributed by atoms with Crippen molar-refractivity contribution in [2.24, 2.45) is 0 Å². The average Bonchev–Trinajstić information content (AvgIpc) is 2.16. The number of hydrogen-bond donors (Lipinski definition) is 0. The molecule has 1 rings (SSSR count). The number of nitriles is 1. The third-order valence-electron chi connectivity index (χ3n) is 1.74. The largest absolute Gasteiger partial charge is 0.271 e. The van der Waals surface area contributed by atoms with E-state index in [1.165, 1.54) is 12.1 Å². The molecule has 0 aliphatic carbocycles. The summed E-state index contributed by atoms with van der Waals surface area (Å²) < 4.78 is 0. The van der Waals surface area contributed by atoms with Crippen LogP contribution in [0.1, 0.15) is 22.9 Å². The Morgan fingerprint density at radius 1 is 1.57 bits per heavy atom. The number of non-ortho nitro benzene ring substituents is 1. The summed E-state index contributed by atoms with van der Waals surface area (Å²) in [6, 6.07) is 6.24. The number of alkyl halides is 1. The monoisotopic (exact) mass is 254 g/mol. The first-order valence-corrected chi connectivity index (χ1v) is 4.79. The van der Waals surface area contributed by atoms with E-state index < -0.39 is 4.92 Å². The van der Waals surface area contributed by atoms with Crippen molar-refractivity contribution in [3.05, 3.63) is 39.4 Å². The lowest BCUT2D eigenvalue weighted by Gasteiger charge is -2.03. The van der Waals surface area contributed by atoms with E-state index in [0.717, 1.165) is 5.56 Å². The lowest BCUT2D eigenvalue weighted by Crippen LogP contribution is -1.93. The normalized spacial score (nSPS) is 11.8. The molecule has 5 heteroatoms. The molecule has 1 unspecified atom stereocenters. The Hall–Kier alpha value is -1.41. The van der Waals surface area contributed by atoms with Crippen molar-refractivity contribution in [1.29, 1.82) is 5.26 Å². The van der Waals surface area contributed by atoms with Crippen LogP contribution in [0.25, 0.3) is 0 Å². The first-order chi connectivity index (χ1) is 6.54. The molecule has 0 heterocycles. The van der Waals surface area contributed by atoms with Gasteiger partial charge in [-0.3, -0.25) is 10.1 Å². The predicted molar refractivity (Wildman–Crippen MR) is 55.2 cm³/mol. The molecule has 0 bridgehead atoms. The van der Waals surface area contributed by atoms with Crippen LogP contribution in [0.5, 0.6) is 0 Å². The number of benzene rings is 1. The summed E-state index contributed by atoms with van der Waals surface area (Å²) >= 11 is 3.30. The van der Waals surface area contributed by atoms with Gasteiger partial charge in [-0.15, -0.1) is 0 Å². The quantitative estimate of drug-likeness (QED) is 0.463. The third-order valence-corrected chi connectivity index (χ3v) is 2.27. The van der Waals surface area contributed by atoms with E-state index >= 15 is 0 Å². The first-order valence-electron chi connectivity index (χ1n) is 3.88. The van der Waals surface area contributed by atoms with Gasteiger partial charge in [0.15, 0.2) is 0 Å². The molecule has 0 saturated carbocycles. The summed E-state index contributed by atoms with van der Waals surface area (Å²) in [4.78, 5) is 10.0. The van der Waals surface area contributed by atoms with E-state index in [4.69, 9.17) is 5.26 Å². The second-order valence-corrected chi connectivity index (χ2v) is 4.17. The van der Waals surface area contributed by atoms with Gasteiger partial charge >= 0.3 is 0 Å². The molecule has 72 valence electrons. The summed E-state index contributed by atoms with van der Waals surface area (Å²) in [5.74, 6) is 0. The molecule has 0 spiro atoms. The van der Waals surface area contributed by atoms with Gasteiger partial charge < -0.3 is 0 Å². The topological polar surface area (TPSA) is 66.9 Å². The molecule has 0 amide bonds. The highest BCUT2D eigenvalue weighted by atomic mass is 79.9. The standard InChI is InChI=1S/C9H7BrN2O2/c1-6(10)8-2-7(5-11)3-9(4-8)12(13)14/h2-4,6H,1H3. The van der Waals surface area contributed by atoms with Crippen LogP contribution in [0.2, 0.25) is 0 Å². The zero-order valence-electron chi connectivity index (χ0n) is 7.40. The van der Waals surface area contributed by atoms with E-state index in [1.54, 1.807) is 6.07 Å². The van der Waals surface area contributed by atoms with Crippen LogP contribution in [0.3, 0.4) is 0 Å². The Bertz CT molecular complexity index is 410. The summed E-state index contributed by atoms with van der Waals surface area (Å²) in [6.45, 7) is 1.85. The molecule has 0 aliphatic rings. The highest BCUT2D eigenvalue weighted by molar-refractivity contribution is 9.09. The molecule has 0 fully saturated rings. The lowest BCUT2D eigenvalue weighted by atomic mass is 10.1. The molecule has 1 aromatic carbocycles. The maximum Gasteiger partial charge on any atom is 0.271 e. The van der Waals surface area contributed by atoms with Gasteiger partial charge in [0.2, 0.25) is 0 Å². The van der Waals surface area contributed by atoms with Crippen molar-refractivity contribution in [3.8, 4) is 6.07 Å². The smallest absolute Gasteiger partial charge is 0.258 e. The van der Waals surface area contributed by atoms with Crippen LogP contribution in [-0.4, -0.2) is 4.92 Å². The molecule has 0 aliphatic heterocycles. The molecule has 0 aromatic heterocycles. The fraction of sp³-hybridized carbons (Fsp3) is 0.222. The minimum absolute atomic E-state index is 0.00509. The molecular weight excluding hydrogens is 248 g/mol. The van der Waals surface area contributed by atoms with Gasteiger partial charge in [-0.2, -0.15) is 5.26 Å². The van der Waals surface area contributed by atoms with Crippen molar-refractivity contribution in [2.45, 2.75) is 11.8 Å². The number of hydrogen-bond acceptors (Lipinski definition) is 3. The highest BCUT2D eigenvalue weighted by Crippen LogP contribution is 2.26. The van der Waals surface area contributed by atoms with Crippen molar-refractivity contribution in [1.82, 2.24) is 0 Å². The number of rotatable bonds is 2. The van der Waals surface area contributed by atoms with E-state index in [1.807, 2.05) is 13.0 Å². The Morgan fingerprint density at radius 2 is 2.21 bits per heavy atom. The molecule has 4 nitrogen and oxygen atoms in total. The van der Waals surface area contributed by atoms with Gasteiger partial charge in [-0.25, -0.2) is 0 Å². The SMILES string of the molecule is CC(Br)c1cc(C#N)cc([N+](=O)[O-])c1. The molecule has 0 saturated heterocycles. The van der Waals surface area contributed by atoms with Gasteiger partial charge in [-0.1, -0.05) is 15.9 Å². The molecule has 0 N–H and O–H groups in total.